The minimum atomic E-state index is -0.273. The van der Waals surface area contributed by atoms with Crippen molar-refractivity contribution in [2.45, 2.75) is 6.54 Å². The Morgan fingerprint density at radius 1 is 1.20 bits per heavy atom. The molecule has 0 unspecified atom stereocenters. The number of carbonyl (C=O) groups excluding carboxylic acids is 1. The van der Waals surface area contributed by atoms with E-state index in [4.69, 9.17) is 9.47 Å². The van der Waals surface area contributed by atoms with Crippen molar-refractivity contribution in [2.24, 2.45) is 0 Å². The Morgan fingerprint density at radius 3 is 2.80 bits per heavy atom. The zero-order valence-electron chi connectivity index (χ0n) is 11.4. The number of hydrogen-bond donors (Lipinski definition) is 1. The average Bonchev–Trinajstić information content (AvgIpc) is 2.52. The van der Waals surface area contributed by atoms with Crippen LogP contribution in [0.25, 0.3) is 0 Å². The topological polar surface area (TPSA) is 60.5 Å². The fraction of sp³-hybridized carbons (Fsp3) is 0.200. The van der Waals surface area contributed by atoms with E-state index in [1.165, 1.54) is 7.11 Å². The van der Waals surface area contributed by atoms with E-state index in [-0.39, 0.29) is 11.6 Å². The lowest BCUT2D eigenvalue weighted by atomic mass is 10.2. The molecule has 1 amide bonds. The van der Waals surface area contributed by atoms with Crippen LogP contribution >= 0.6 is 0 Å². The van der Waals surface area contributed by atoms with Crippen molar-refractivity contribution in [1.82, 2.24) is 10.3 Å². The molecule has 5 nitrogen and oxygen atoms in total. The monoisotopic (exact) mass is 272 g/mol. The molecule has 1 N–H and O–H groups in total. The van der Waals surface area contributed by atoms with E-state index in [1.54, 1.807) is 25.4 Å². The van der Waals surface area contributed by atoms with Crippen LogP contribution in [-0.2, 0) is 6.54 Å². The summed E-state index contributed by atoms with van der Waals surface area (Å²) < 4.78 is 10.2. The molecule has 20 heavy (non-hydrogen) atoms. The second-order valence-corrected chi connectivity index (χ2v) is 4.09. The van der Waals surface area contributed by atoms with Gasteiger partial charge in [-0.15, -0.1) is 0 Å². The molecule has 0 fully saturated rings. The second kappa shape index (κ2) is 6.56. The lowest BCUT2D eigenvalue weighted by molar-refractivity contribution is 0.0942. The molecule has 2 aromatic rings. The van der Waals surface area contributed by atoms with E-state index in [0.29, 0.717) is 12.3 Å². The Kier molecular flexibility index (Phi) is 4.55. The summed E-state index contributed by atoms with van der Waals surface area (Å²) in [4.78, 5) is 16.1. The normalized spacial score (nSPS) is 9.90. The summed E-state index contributed by atoms with van der Waals surface area (Å²) in [5.41, 5.74) is 1.23. The smallest absolute Gasteiger partial charge is 0.274 e. The highest BCUT2D eigenvalue weighted by atomic mass is 16.5. The zero-order valence-corrected chi connectivity index (χ0v) is 11.4. The van der Waals surface area contributed by atoms with Gasteiger partial charge in [0.2, 0.25) is 0 Å². The Bertz CT molecular complexity index is 599. The number of methoxy groups -OCH3 is 2. The van der Waals surface area contributed by atoms with Gasteiger partial charge in [-0.05, 0) is 29.8 Å². The minimum Gasteiger partial charge on any atom is -0.497 e. The minimum absolute atomic E-state index is 0.273. The maximum absolute atomic E-state index is 12.1. The van der Waals surface area contributed by atoms with Gasteiger partial charge in [0.25, 0.3) is 5.91 Å². The SMILES string of the molecule is COc1cccc(CNC(=O)c2ncccc2OC)c1. The van der Waals surface area contributed by atoms with Crippen molar-refractivity contribution in [3.63, 3.8) is 0 Å². The molecule has 1 aromatic heterocycles. The first-order valence-electron chi connectivity index (χ1n) is 6.14. The van der Waals surface area contributed by atoms with Crippen molar-refractivity contribution in [1.29, 1.82) is 0 Å². The fourth-order valence-electron chi connectivity index (χ4n) is 1.77. The Hall–Kier alpha value is -2.56. The van der Waals surface area contributed by atoms with Gasteiger partial charge >= 0.3 is 0 Å². The van der Waals surface area contributed by atoms with Gasteiger partial charge in [0.1, 0.15) is 11.5 Å². The second-order valence-electron chi connectivity index (χ2n) is 4.09. The summed E-state index contributed by atoms with van der Waals surface area (Å²) in [6.07, 6.45) is 1.56. The van der Waals surface area contributed by atoms with Crippen molar-refractivity contribution in [2.75, 3.05) is 14.2 Å². The van der Waals surface area contributed by atoms with E-state index in [1.807, 2.05) is 24.3 Å². The molecule has 0 saturated carbocycles. The fourth-order valence-corrected chi connectivity index (χ4v) is 1.77. The Morgan fingerprint density at radius 2 is 2.05 bits per heavy atom. The Balaban J connectivity index is 2.04. The Labute approximate surface area is 117 Å². The van der Waals surface area contributed by atoms with Crippen molar-refractivity contribution >= 4 is 5.91 Å². The summed E-state index contributed by atoms with van der Waals surface area (Å²) in [5.74, 6) is 0.938. The molecule has 1 aromatic carbocycles. The standard InChI is InChI=1S/C15H16N2O3/c1-19-12-6-3-5-11(9-12)10-17-15(18)14-13(20-2)7-4-8-16-14/h3-9H,10H2,1-2H3,(H,17,18). The molecule has 104 valence electrons. The van der Waals surface area contributed by atoms with Gasteiger partial charge in [0.15, 0.2) is 5.69 Å². The predicted molar refractivity (Wildman–Crippen MR) is 75.0 cm³/mol. The van der Waals surface area contributed by atoms with E-state index in [2.05, 4.69) is 10.3 Å². The first-order valence-corrected chi connectivity index (χ1v) is 6.14. The third kappa shape index (κ3) is 3.26. The molecular formula is C15H16N2O3. The molecule has 0 bridgehead atoms. The van der Waals surface area contributed by atoms with Gasteiger partial charge in [-0.1, -0.05) is 12.1 Å². The molecule has 2 rings (SSSR count). The number of hydrogen-bond acceptors (Lipinski definition) is 4. The van der Waals surface area contributed by atoms with Gasteiger partial charge in [0, 0.05) is 12.7 Å². The van der Waals surface area contributed by atoms with Crippen LogP contribution in [0.4, 0.5) is 0 Å². The number of aromatic nitrogens is 1. The molecule has 0 spiro atoms. The molecule has 0 saturated heterocycles. The van der Waals surface area contributed by atoms with Gasteiger partial charge in [-0.3, -0.25) is 4.79 Å². The summed E-state index contributed by atoms with van der Waals surface area (Å²) in [6.45, 7) is 0.399. The molecule has 0 atom stereocenters. The molecule has 5 heteroatoms. The van der Waals surface area contributed by atoms with Gasteiger partial charge in [-0.2, -0.15) is 0 Å². The number of ether oxygens (including phenoxy) is 2. The third-order valence-electron chi connectivity index (χ3n) is 2.79. The summed E-state index contributed by atoms with van der Waals surface area (Å²) >= 11 is 0. The van der Waals surface area contributed by atoms with E-state index in [0.717, 1.165) is 11.3 Å². The van der Waals surface area contributed by atoms with E-state index >= 15 is 0 Å². The number of benzene rings is 1. The molecular weight excluding hydrogens is 256 g/mol. The highest BCUT2D eigenvalue weighted by molar-refractivity contribution is 5.94. The van der Waals surface area contributed by atoms with Crippen molar-refractivity contribution in [3.8, 4) is 11.5 Å². The van der Waals surface area contributed by atoms with Crippen molar-refractivity contribution < 1.29 is 14.3 Å². The maximum atomic E-state index is 12.1. The lowest BCUT2D eigenvalue weighted by Gasteiger charge is -2.09. The van der Waals surface area contributed by atoms with Crippen molar-refractivity contribution in [3.05, 3.63) is 53.9 Å². The highest BCUT2D eigenvalue weighted by Gasteiger charge is 2.12. The van der Waals surface area contributed by atoms with Crippen LogP contribution in [0.15, 0.2) is 42.6 Å². The number of pyridine rings is 1. The highest BCUT2D eigenvalue weighted by Crippen LogP contribution is 2.15. The van der Waals surface area contributed by atoms with E-state index in [9.17, 15) is 4.79 Å². The summed E-state index contributed by atoms with van der Waals surface area (Å²) in [7, 11) is 3.12. The predicted octanol–water partition coefficient (Wildman–Crippen LogP) is 2.03. The van der Waals surface area contributed by atoms with Crippen LogP contribution in [0.5, 0.6) is 11.5 Å². The number of amides is 1. The number of rotatable bonds is 5. The van der Waals surface area contributed by atoms with Gasteiger partial charge in [-0.25, -0.2) is 4.98 Å². The molecule has 0 aliphatic heterocycles. The first kappa shape index (κ1) is 13.9. The van der Waals surface area contributed by atoms with Crippen LogP contribution in [0.3, 0.4) is 0 Å². The van der Waals surface area contributed by atoms with Crippen LogP contribution in [0.1, 0.15) is 16.1 Å². The maximum Gasteiger partial charge on any atom is 0.274 e. The van der Waals surface area contributed by atoms with Crippen LogP contribution < -0.4 is 14.8 Å². The van der Waals surface area contributed by atoms with Crippen LogP contribution in [0, 0.1) is 0 Å². The number of nitrogens with zero attached hydrogens (tertiary/aromatic N) is 1. The molecule has 0 aliphatic rings. The largest absolute Gasteiger partial charge is 0.497 e. The molecule has 1 heterocycles. The van der Waals surface area contributed by atoms with Crippen LogP contribution in [0.2, 0.25) is 0 Å². The molecule has 0 radical (unpaired) electrons. The third-order valence-corrected chi connectivity index (χ3v) is 2.79. The van der Waals surface area contributed by atoms with E-state index < -0.39 is 0 Å². The summed E-state index contributed by atoms with van der Waals surface area (Å²) in [5, 5.41) is 2.80. The van der Waals surface area contributed by atoms with Gasteiger partial charge in [0.05, 0.1) is 14.2 Å². The number of nitrogens with one attached hydrogen (secondary N) is 1. The number of carbonyl (C=O) groups is 1. The first-order chi connectivity index (χ1) is 9.74. The summed E-state index contributed by atoms with van der Waals surface area (Å²) in [6, 6.07) is 10.9. The van der Waals surface area contributed by atoms with Crippen LogP contribution in [-0.4, -0.2) is 25.1 Å². The lowest BCUT2D eigenvalue weighted by Crippen LogP contribution is -2.24. The quantitative estimate of drug-likeness (QED) is 0.904. The molecule has 0 aliphatic carbocycles. The zero-order chi connectivity index (χ0) is 14.4. The average molecular weight is 272 g/mol. The van der Waals surface area contributed by atoms with Gasteiger partial charge < -0.3 is 14.8 Å².